The van der Waals surface area contributed by atoms with E-state index in [1.807, 2.05) is 0 Å². The third kappa shape index (κ3) is 47.3. The van der Waals surface area contributed by atoms with Gasteiger partial charge in [-0.25, -0.2) is 0 Å². The Morgan fingerprint density at radius 2 is 0.458 bits per heavy atom. The molecule has 0 aromatic carbocycles. The van der Waals surface area contributed by atoms with Gasteiger partial charge in [-0.1, -0.05) is 265 Å². The van der Waals surface area contributed by atoms with E-state index >= 15 is 0 Å². The smallest absolute Gasteiger partial charge is 0.306 e. The molecule has 0 rings (SSSR count). The Morgan fingerprint density at radius 3 is 0.678 bits per heavy atom. The maximum absolute atomic E-state index is 12.8. The van der Waals surface area contributed by atoms with E-state index in [-0.39, 0.29) is 31.1 Å². The van der Waals surface area contributed by atoms with Crippen LogP contribution in [0.3, 0.4) is 0 Å². The fraction of sp³-hybridized carbons (Fsp3) is 0.943. The third-order valence-corrected chi connectivity index (χ3v) is 12.1. The number of carbonyl (C=O) groups excluding carboxylic acids is 3. The first-order valence-electron chi connectivity index (χ1n) is 26.5. The van der Waals surface area contributed by atoms with Crippen molar-refractivity contribution in [3.63, 3.8) is 0 Å². The molecule has 0 aromatic heterocycles. The number of carbonyl (C=O) groups is 3. The molecule has 1 unspecified atom stereocenters. The van der Waals surface area contributed by atoms with Crippen molar-refractivity contribution in [3.8, 4) is 0 Å². The molecule has 0 N–H and O–H groups in total. The van der Waals surface area contributed by atoms with Crippen LogP contribution in [0.1, 0.15) is 303 Å². The highest BCUT2D eigenvalue weighted by Crippen LogP contribution is 2.17. The molecule has 6 heteroatoms. The average molecular weight is 835 g/mol. The molecule has 1 atom stereocenters. The van der Waals surface area contributed by atoms with E-state index < -0.39 is 6.10 Å². The van der Waals surface area contributed by atoms with E-state index in [9.17, 15) is 14.4 Å². The number of ether oxygens (including phenoxy) is 3. The lowest BCUT2D eigenvalue weighted by Gasteiger charge is -2.18. The first-order chi connectivity index (χ1) is 29.0. The van der Waals surface area contributed by atoms with Crippen LogP contribution in [-0.4, -0.2) is 37.2 Å². The van der Waals surface area contributed by atoms with Crippen molar-refractivity contribution in [2.45, 2.75) is 309 Å². The molecule has 350 valence electrons. The molecule has 0 aliphatic carbocycles. The van der Waals surface area contributed by atoms with Crippen LogP contribution in [0.4, 0.5) is 0 Å². The largest absolute Gasteiger partial charge is 0.462 e. The van der Waals surface area contributed by atoms with Gasteiger partial charge in [0.2, 0.25) is 0 Å². The molecule has 59 heavy (non-hydrogen) atoms. The van der Waals surface area contributed by atoms with E-state index in [1.54, 1.807) is 0 Å². The molecule has 0 radical (unpaired) electrons. The molecule has 0 aliphatic rings. The van der Waals surface area contributed by atoms with Crippen LogP contribution in [-0.2, 0) is 28.6 Å². The van der Waals surface area contributed by atoms with E-state index in [2.05, 4.69) is 20.8 Å². The Balaban J connectivity index is 4.30. The van der Waals surface area contributed by atoms with E-state index in [1.165, 1.54) is 205 Å². The monoisotopic (exact) mass is 835 g/mol. The highest BCUT2D eigenvalue weighted by molar-refractivity contribution is 5.71. The van der Waals surface area contributed by atoms with Crippen molar-refractivity contribution in [3.05, 3.63) is 0 Å². The molecule has 0 aromatic rings. The highest BCUT2D eigenvalue weighted by Gasteiger charge is 2.19. The maximum Gasteiger partial charge on any atom is 0.306 e. The van der Waals surface area contributed by atoms with Crippen molar-refractivity contribution in [2.75, 3.05) is 13.2 Å². The van der Waals surface area contributed by atoms with Crippen LogP contribution in [0.5, 0.6) is 0 Å². The quantitative estimate of drug-likeness (QED) is 0.0345. The van der Waals surface area contributed by atoms with Gasteiger partial charge in [0, 0.05) is 19.3 Å². The van der Waals surface area contributed by atoms with Gasteiger partial charge in [-0.3, -0.25) is 14.4 Å². The van der Waals surface area contributed by atoms with Gasteiger partial charge in [0.15, 0.2) is 6.10 Å². The van der Waals surface area contributed by atoms with Crippen molar-refractivity contribution >= 4 is 17.9 Å². The van der Waals surface area contributed by atoms with Crippen molar-refractivity contribution in [1.29, 1.82) is 0 Å². The summed E-state index contributed by atoms with van der Waals surface area (Å²) in [6.45, 7) is 6.68. The molecule has 0 spiro atoms. The minimum Gasteiger partial charge on any atom is -0.462 e. The first kappa shape index (κ1) is 57.4. The topological polar surface area (TPSA) is 78.9 Å². The molecule has 0 amide bonds. The van der Waals surface area contributed by atoms with Crippen LogP contribution in [0.2, 0.25) is 0 Å². The number of hydrogen-bond acceptors (Lipinski definition) is 6. The number of hydrogen-bond donors (Lipinski definition) is 0. The second-order valence-corrected chi connectivity index (χ2v) is 18.2. The number of esters is 3. The SMILES string of the molecule is CCCCCCCCCCCCCCCCCC(=O)OCC(COC(=O)CCCCCCCCCCCCCC)OC(=O)CCCCCCCCCCCCCCCC. The lowest BCUT2D eigenvalue weighted by molar-refractivity contribution is -0.167. The van der Waals surface area contributed by atoms with Crippen molar-refractivity contribution in [1.82, 2.24) is 0 Å². The zero-order chi connectivity index (χ0) is 43.0. The van der Waals surface area contributed by atoms with Crippen LogP contribution >= 0.6 is 0 Å². The van der Waals surface area contributed by atoms with Gasteiger partial charge in [0.25, 0.3) is 0 Å². The first-order valence-corrected chi connectivity index (χ1v) is 26.5. The van der Waals surface area contributed by atoms with Gasteiger partial charge in [0.05, 0.1) is 0 Å². The fourth-order valence-electron chi connectivity index (χ4n) is 8.09. The molecule has 0 heterocycles. The number of rotatable bonds is 49. The average Bonchev–Trinajstić information content (AvgIpc) is 3.23. The van der Waals surface area contributed by atoms with Gasteiger partial charge in [-0.15, -0.1) is 0 Å². The standard InChI is InChI=1S/C53H102O6/c1-4-7-10-13-16-19-22-25-27-29-31-34-37-40-43-46-52(55)58-49-50(48-57-51(54)45-42-39-36-33-30-24-21-18-15-12-9-6-3)59-53(56)47-44-41-38-35-32-28-26-23-20-17-14-11-8-5-2/h50H,4-49H2,1-3H3. The molecule has 0 saturated heterocycles. The van der Waals surface area contributed by atoms with Crippen LogP contribution < -0.4 is 0 Å². The minimum atomic E-state index is -0.759. The van der Waals surface area contributed by atoms with E-state index in [0.29, 0.717) is 19.3 Å². The van der Waals surface area contributed by atoms with Gasteiger partial charge < -0.3 is 14.2 Å². The Labute approximate surface area is 368 Å². The van der Waals surface area contributed by atoms with E-state index in [0.717, 1.165) is 57.8 Å². The third-order valence-electron chi connectivity index (χ3n) is 12.1. The zero-order valence-corrected chi connectivity index (χ0v) is 40.1. The minimum absolute atomic E-state index is 0.0616. The molecular formula is C53H102O6. The van der Waals surface area contributed by atoms with Crippen LogP contribution in [0.15, 0.2) is 0 Å². The zero-order valence-electron chi connectivity index (χ0n) is 40.1. The predicted octanol–water partition coefficient (Wildman–Crippen LogP) is 17.2. The molecule has 0 fully saturated rings. The normalized spacial score (nSPS) is 11.8. The Hall–Kier alpha value is -1.59. The summed E-state index contributed by atoms with van der Waals surface area (Å²) in [6.07, 6.45) is 52.2. The molecule has 6 nitrogen and oxygen atoms in total. The summed E-state index contributed by atoms with van der Waals surface area (Å²) >= 11 is 0. The molecule has 0 saturated carbocycles. The summed E-state index contributed by atoms with van der Waals surface area (Å²) in [5.74, 6) is -0.839. The fourth-order valence-corrected chi connectivity index (χ4v) is 8.09. The summed E-state index contributed by atoms with van der Waals surface area (Å²) in [4.78, 5) is 37.9. The van der Waals surface area contributed by atoms with E-state index in [4.69, 9.17) is 14.2 Å². The van der Waals surface area contributed by atoms with Gasteiger partial charge in [-0.05, 0) is 19.3 Å². The summed E-state index contributed by atoms with van der Waals surface area (Å²) in [7, 11) is 0. The summed E-state index contributed by atoms with van der Waals surface area (Å²) in [6, 6.07) is 0. The van der Waals surface area contributed by atoms with Crippen molar-refractivity contribution in [2.24, 2.45) is 0 Å². The Morgan fingerprint density at radius 1 is 0.271 bits per heavy atom. The lowest BCUT2D eigenvalue weighted by Crippen LogP contribution is -2.30. The molecule has 0 bridgehead atoms. The Bertz CT molecular complexity index is 874. The van der Waals surface area contributed by atoms with Crippen LogP contribution in [0, 0.1) is 0 Å². The summed E-state index contributed by atoms with van der Waals surface area (Å²) < 4.78 is 16.8. The highest BCUT2D eigenvalue weighted by atomic mass is 16.6. The van der Waals surface area contributed by atoms with Gasteiger partial charge in [-0.2, -0.15) is 0 Å². The predicted molar refractivity (Wildman–Crippen MR) is 252 cm³/mol. The van der Waals surface area contributed by atoms with Crippen LogP contribution in [0.25, 0.3) is 0 Å². The second kappa shape index (κ2) is 49.1. The maximum atomic E-state index is 12.8. The molecule has 0 aliphatic heterocycles. The van der Waals surface area contributed by atoms with Gasteiger partial charge in [0.1, 0.15) is 13.2 Å². The van der Waals surface area contributed by atoms with Gasteiger partial charge >= 0.3 is 17.9 Å². The summed E-state index contributed by atoms with van der Waals surface area (Å²) in [5, 5.41) is 0. The number of unbranched alkanes of at least 4 members (excludes halogenated alkanes) is 38. The van der Waals surface area contributed by atoms with Crippen molar-refractivity contribution < 1.29 is 28.6 Å². The second-order valence-electron chi connectivity index (χ2n) is 18.2. The molecular weight excluding hydrogens is 733 g/mol. The Kier molecular flexibility index (Phi) is 47.7. The lowest BCUT2D eigenvalue weighted by atomic mass is 10.0. The summed E-state index contributed by atoms with van der Waals surface area (Å²) in [5.41, 5.74) is 0.